The van der Waals surface area contributed by atoms with Crippen molar-refractivity contribution in [3.05, 3.63) is 28.8 Å². The van der Waals surface area contributed by atoms with E-state index in [2.05, 4.69) is 9.98 Å². The fraction of sp³-hybridized carbons (Fsp3) is 0.312. The maximum absolute atomic E-state index is 11.5. The third kappa shape index (κ3) is 5.28. The zero-order chi connectivity index (χ0) is 20.0. The van der Waals surface area contributed by atoms with Crippen LogP contribution >= 0.6 is 11.6 Å². The van der Waals surface area contributed by atoms with Crippen molar-refractivity contribution in [3.8, 4) is 0 Å². The summed E-state index contributed by atoms with van der Waals surface area (Å²) in [7, 11) is 1.54. The molecule has 1 aromatic carbocycles. The molecular weight excluding hydrogens is 358 g/mol. The Hall–Kier alpha value is -2.94. The molecule has 26 heavy (non-hydrogen) atoms. The standard InChI is InChI=1S/C16H22ClN7O2/c1-4-11(13(19)25)24(3)16(21)23-15(12(18)14(20)26)22-9-6-5-8(2)10(17)7-9/h5-7,11,18H,4H2,1-3H3,(H2,19,25)(H2,20,26)(H2,21,22,23)/p+1/t11-/m1/s1. The molecule has 0 aliphatic rings. The van der Waals surface area contributed by atoms with Crippen molar-refractivity contribution in [3.63, 3.8) is 0 Å². The molecule has 0 spiro atoms. The van der Waals surface area contributed by atoms with Crippen LogP contribution in [0.3, 0.4) is 0 Å². The molecule has 0 unspecified atom stereocenters. The van der Waals surface area contributed by atoms with E-state index >= 15 is 0 Å². The molecule has 0 aliphatic carbocycles. The summed E-state index contributed by atoms with van der Waals surface area (Å²) in [5, 5.41) is 6.18. The van der Waals surface area contributed by atoms with Gasteiger partial charge in [-0.25, -0.2) is 10.4 Å². The van der Waals surface area contributed by atoms with E-state index in [1.807, 2.05) is 6.92 Å². The molecule has 140 valence electrons. The number of aryl methyl sites for hydroxylation is 1. The largest absolute Gasteiger partial charge is 0.369 e. The number of nitrogens with zero attached hydrogens (tertiary/aromatic N) is 3. The molecule has 9 nitrogen and oxygen atoms in total. The second-order valence-electron chi connectivity index (χ2n) is 5.55. The highest BCUT2D eigenvalue weighted by Crippen LogP contribution is 2.22. The Labute approximate surface area is 156 Å². The molecule has 10 heteroatoms. The van der Waals surface area contributed by atoms with Crippen molar-refractivity contribution in [1.82, 2.24) is 4.90 Å². The number of carbonyl (C=O) groups is 2. The molecule has 2 amide bonds. The number of hydrogen-bond donors (Lipinski definition) is 4. The van der Waals surface area contributed by atoms with Gasteiger partial charge >= 0.3 is 11.6 Å². The summed E-state index contributed by atoms with van der Waals surface area (Å²) in [5.41, 5.74) is 17.4. The monoisotopic (exact) mass is 380 g/mol. The van der Waals surface area contributed by atoms with Gasteiger partial charge in [-0.3, -0.25) is 9.59 Å². The van der Waals surface area contributed by atoms with E-state index in [1.165, 1.54) is 4.90 Å². The Balaban J connectivity index is 3.35. The van der Waals surface area contributed by atoms with Crippen LogP contribution in [0.2, 0.25) is 5.02 Å². The predicted octanol–water partition coefficient (Wildman–Crippen LogP) is -1.13. The molecule has 1 aromatic rings. The van der Waals surface area contributed by atoms with Crippen LogP contribution < -0.4 is 22.6 Å². The Morgan fingerprint density at radius 3 is 2.38 bits per heavy atom. The van der Waals surface area contributed by atoms with E-state index in [4.69, 9.17) is 34.2 Å². The number of likely N-dealkylation sites (N-methyl/N-ethyl adjacent to an activating group) is 1. The summed E-state index contributed by atoms with van der Waals surface area (Å²) >= 11 is 6.07. The number of primary amides is 2. The molecular formula is C16H23ClN7O2+. The average Bonchev–Trinajstić information content (AvgIpc) is 2.56. The summed E-state index contributed by atoms with van der Waals surface area (Å²) < 4.78 is 0. The number of amidine groups is 1. The Kier molecular flexibility index (Phi) is 7.27. The third-order valence-electron chi connectivity index (χ3n) is 3.66. The van der Waals surface area contributed by atoms with Gasteiger partial charge < -0.3 is 22.1 Å². The van der Waals surface area contributed by atoms with Gasteiger partial charge in [-0.05, 0) is 31.0 Å². The second kappa shape index (κ2) is 8.95. The van der Waals surface area contributed by atoms with Gasteiger partial charge in [0.05, 0.1) is 5.69 Å². The van der Waals surface area contributed by atoms with Gasteiger partial charge in [-0.15, -0.1) is 0 Å². The molecule has 0 bridgehead atoms. The molecule has 1 atom stereocenters. The van der Waals surface area contributed by atoms with Crippen LogP contribution in [0.15, 0.2) is 28.2 Å². The third-order valence-corrected chi connectivity index (χ3v) is 4.07. The van der Waals surface area contributed by atoms with Gasteiger partial charge in [-0.1, -0.05) is 24.6 Å². The first-order valence-electron chi connectivity index (χ1n) is 7.72. The first-order chi connectivity index (χ1) is 12.1. The molecule has 0 heterocycles. The molecule has 0 aliphatic heterocycles. The van der Waals surface area contributed by atoms with Crippen LogP contribution in [-0.4, -0.2) is 47.3 Å². The van der Waals surface area contributed by atoms with E-state index in [9.17, 15) is 9.59 Å². The molecule has 0 saturated heterocycles. The van der Waals surface area contributed by atoms with Gasteiger partial charge in [0.15, 0.2) is 5.96 Å². The number of amides is 2. The van der Waals surface area contributed by atoms with E-state index < -0.39 is 17.9 Å². The number of aliphatic imine (C=N–C) groups is 2. The minimum atomic E-state index is -0.914. The second-order valence-corrected chi connectivity index (χ2v) is 5.96. The summed E-state index contributed by atoms with van der Waals surface area (Å²) in [4.78, 5) is 32.6. The van der Waals surface area contributed by atoms with Gasteiger partial charge in [-0.2, -0.15) is 4.99 Å². The van der Waals surface area contributed by atoms with Crippen LogP contribution in [0.1, 0.15) is 18.9 Å². The number of benzene rings is 1. The Bertz CT molecular complexity index is 789. The lowest BCUT2D eigenvalue weighted by Gasteiger charge is -2.25. The zero-order valence-electron chi connectivity index (χ0n) is 14.9. The lowest BCUT2D eigenvalue weighted by Crippen LogP contribution is -2.53. The highest BCUT2D eigenvalue weighted by molar-refractivity contribution is 6.64. The Morgan fingerprint density at radius 1 is 1.31 bits per heavy atom. The van der Waals surface area contributed by atoms with Crippen molar-refractivity contribution >= 4 is 46.6 Å². The molecule has 0 aromatic heterocycles. The molecule has 8 N–H and O–H groups in total. The van der Waals surface area contributed by atoms with Crippen LogP contribution in [-0.2, 0) is 9.59 Å². The minimum Gasteiger partial charge on any atom is -0.369 e. The summed E-state index contributed by atoms with van der Waals surface area (Å²) in [5.74, 6) is -1.77. The first-order valence-corrected chi connectivity index (χ1v) is 8.10. The maximum atomic E-state index is 11.5. The van der Waals surface area contributed by atoms with Crippen molar-refractivity contribution < 1.29 is 15.0 Å². The molecule has 0 saturated carbocycles. The fourth-order valence-electron chi connectivity index (χ4n) is 2.04. The number of halogens is 1. The predicted molar refractivity (Wildman–Crippen MR) is 102 cm³/mol. The van der Waals surface area contributed by atoms with Gasteiger partial charge in [0.2, 0.25) is 11.7 Å². The normalized spacial score (nSPS) is 13.2. The number of carbonyl (C=O) groups excluding carboxylic acids is 2. The maximum Gasteiger partial charge on any atom is 0.317 e. The van der Waals surface area contributed by atoms with Crippen LogP contribution in [0.4, 0.5) is 5.69 Å². The number of rotatable bonds is 6. The van der Waals surface area contributed by atoms with Crippen molar-refractivity contribution in [1.29, 1.82) is 0 Å². The number of guanidine groups is 1. The van der Waals surface area contributed by atoms with Crippen molar-refractivity contribution in [2.24, 2.45) is 27.2 Å². The van der Waals surface area contributed by atoms with E-state index in [1.54, 1.807) is 32.2 Å². The molecule has 0 fully saturated rings. The zero-order valence-corrected chi connectivity index (χ0v) is 15.6. The minimum absolute atomic E-state index is 0.100. The van der Waals surface area contributed by atoms with Crippen LogP contribution in [0.5, 0.6) is 0 Å². The summed E-state index contributed by atoms with van der Waals surface area (Å²) in [6.07, 6.45) is 0.414. The lowest BCUT2D eigenvalue weighted by atomic mass is 10.2. The van der Waals surface area contributed by atoms with E-state index in [0.29, 0.717) is 17.1 Å². The first kappa shape index (κ1) is 21.1. The quantitative estimate of drug-likeness (QED) is 0.362. The number of hydrogen-bond acceptors (Lipinski definition) is 3. The number of nitrogens with two attached hydrogens (primary N) is 4. The van der Waals surface area contributed by atoms with E-state index in [0.717, 1.165) is 5.56 Å². The lowest BCUT2D eigenvalue weighted by molar-refractivity contribution is -0.132. The SMILES string of the molecule is CC[C@H](C(N)=O)N(C)C(N)=NC(=Nc1ccc(C)c(Cl)c1)C(=[NH2+])C(N)=O. The summed E-state index contributed by atoms with van der Waals surface area (Å²) in [6, 6.07) is 4.32. The van der Waals surface area contributed by atoms with Crippen LogP contribution in [0.25, 0.3) is 0 Å². The highest BCUT2D eigenvalue weighted by Gasteiger charge is 2.24. The van der Waals surface area contributed by atoms with Gasteiger partial charge in [0.1, 0.15) is 6.04 Å². The van der Waals surface area contributed by atoms with Crippen molar-refractivity contribution in [2.45, 2.75) is 26.3 Å². The van der Waals surface area contributed by atoms with E-state index in [-0.39, 0.29) is 17.5 Å². The fourth-order valence-corrected chi connectivity index (χ4v) is 2.22. The Morgan fingerprint density at radius 2 is 1.92 bits per heavy atom. The van der Waals surface area contributed by atoms with Crippen LogP contribution in [0, 0.1) is 6.92 Å². The summed E-state index contributed by atoms with van der Waals surface area (Å²) in [6.45, 7) is 3.60. The highest BCUT2D eigenvalue weighted by atomic mass is 35.5. The van der Waals surface area contributed by atoms with Gasteiger partial charge in [0, 0.05) is 12.1 Å². The van der Waals surface area contributed by atoms with Gasteiger partial charge in [0.25, 0.3) is 0 Å². The van der Waals surface area contributed by atoms with Crippen molar-refractivity contribution in [2.75, 3.05) is 7.05 Å². The topological polar surface area (TPSA) is 166 Å². The average molecular weight is 381 g/mol. The molecule has 0 radical (unpaired) electrons. The smallest absolute Gasteiger partial charge is 0.317 e. The molecule has 1 rings (SSSR count).